The lowest BCUT2D eigenvalue weighted by molar-refractivity contribution is 0.420. The van der Waals surface area contributed by atoms with Crippen LogP contribution in [0, 0.1) is 0 Å². The van der Waals surface area contributed by atoms with Crippen molar-refractivity contribution in [3.8, 4) is 0 Å². The van der Waals surface area contributed by atoms with E-state index in [4.69, 9.17) is 11.6 Å². The van der Waals surface area contributed by atoms with Crippen LogP contribution in [0.2, 0.25) is 5.02 Å². The molecule has 0 radical (unpaired) electrons. The van der Waals surface area contributed by atoms with Crippen molar-refractivity contribution in [2.45, 2.75) is 39.3 Å². The first-order valence-electron chi connectivity index (χ1n) is 6.90. The van der Waals surface area contributed by atoms with Crippen molar-refractivity contribution in [2.75, 3.05) is 0 Å². The summed E-state index contributed by atoms with van der Waals surface area (Å²) in [5.74, 6) is 0.663. The largest absolute Gasteiger partial charge is 0.310 e. The number of hydrogen-bond donors (Lipinski definition) is 2. The lowest BCUT2D eigenvalue weighted by Gasteiger charge is -2.20. The summed E-state index contributed by atoms with van der Waals surface area (Å²) in [6, 6.07) is 9.06. The normalized spacial score (nSPS) is 11.6. The molecule has 0 aliphatic heterocycles. The summed E-state index contributed by atoms with van der Waals surface area (Å²) in [4.78, 5) is 19.0. The molecule has 2 rings (SSSR count). The van der Waals surface area contributed by atoms with E-state index in [1.54, 1.807) is 0 Å². The average Bonchev–Trinajstić information content (AvgIpc) is 2.38. The first kappa shape index (κ1) is 15.7. The van der Waals surface area contributed by atoms with E-state index in [1.165, 1.54) is 6.07 Å². The predicted octanol–water partition coefficient (Wildman–Crippen LogP) is 2.90. The van der Waals surface area contributed by atoms with Gasteiger partial charge < -0.3 is 10.3 Å². The van der Waals surface area contributed by atoms with Gasteiger partial charge in [-0.3, -0.25) is 4.79 Å². The average molecular weight is 306 g/mol. The van der Waals surface area contributed by atoms with Crippen molar-refractivity contribution in [3.05, 3.63) is 62.8 Å². The summed E-state index contributed by atoms with van der Waals surface area (Å²) in [7, 11) is 0. The van der Waals surface area contributed by atoms with Crippen LogP contribution in [0.15, 0.2) is 35.1 Å². The minimum absolute atomic E-state index is 0.0133. The Labute approximate surface area is 129 Å². The monoisotopic (exact) mass is 305 g/mol. The molecule has 0 bridgehead atoms. The molecule has 0 atom stereocenters. The molecule has 1 aromatic heterocycles. The highest BCUT2D eigenvalue weighted by Gasteiger charge is 2.10. The summed E-state index contributed by atoms with van der Waals surface area (Å²) >= 11 is 5.87. The third-order valence-corrected chi connectivity index (χ3v) is 3.18. The smallest absolute Gasteiger partial charge is 0.251 e. The van der Waals surface area contributed by atoms with Gasteiger partial charge in [0.05, 0.1) is 5.69 Å². The standard InChI is InChI=1S/C16H20ClN3O/c1-16(2,3)18-10-13-9-15(21)20-14(19-13)8-11-4-6-12(17)7-5-11/h4-7,9,18H,8,10H2,1-3H3,(H,19,20,21). The van der Waals surface area contributed by atoms with Crippen molar-refractivity contribution in [3.63, 3.8) is 0 Å². The Hall–Kier alpha value is -1.65. The molecule has 2 N–H and O–H groups in total. The topological polar surface area (TPSA) is 57.8 Å². The number of nitrogens with one attached hydrogen (secondary N) is 2. The van der Waals surface area contributed by atoms with Crippen LogP contribution < -0.4 is 10.9 Å². The molecule has 4 nitrogen and oxygen atoms in total. The molecule has 0 aliphatic rings. The predicted molar refractivity (Wildman–Crippen MR) is 85.7 cm³/mol. The number of nitrogens with zero attached hydrogens (tertiary/aromatic N) is 1. The van der Waals surface area contributed by atoms with E-state index < -0.39 is 0 Å². The van der Waals surface area contributed by atoms with E-state index >= 15 is 0 Å². The molecule has 0 saturated carbocycles. The minimum atomic E-state index is -0.125. The van der Waals surface area contributed by atoms with E-state index in [0.29, 0.717) is 23.8 Å². The number of hydrogen-bond acceptors (Lipinski definition) is 3. The lowest BCUT2D eigenvalue weighted by atomic mass is 10.1. The second-order valence-electron chi connectivity index (χ2n) is 6.09. The molecule has 1 aromatic carbocycles. The molecular weight excluding hydrogens is 286 g/mol. The highest BCUT2D eigenvalue weighted by Crippen LogP contribution is 2.11. The van der Waals surface area contributed by atoms with Crippen LogP contribution in [-0.2, 0) is 13.0 Å². The van der Waals surface area contributed by atoms with E-state index in [9.17, 15) is 4.79 Å². The Morgan fingerprint density at radius 3 is 2.52 bits per heavy atom. The SMILES string of the molecule is CC(C)(C)NCc1cc(=O)[nH]c(Cc2ccc(Cl)cc2)n1. The summed E-state index contributed by atoms with van der Waals surface area (Å²) in [5.41, 5.74) is 1.67. The minimum Gasteiger partial charge on any atom is -0.310 e. The molecule has 0 saturated heterocycles. The van der Waals surface area contributed by atoms with E-state index in [0.717, 1.165) is 11.3 Å². The van der Waals surface area contributed by atoms with Crippen LogP contribution in [0.4, 0.5) is 0 Å². The highest BCUT2D eigenvalue weighted by molar-refractivity contribution is 6.30. The first-order chi connectivity index (χ1) is 9.82. The van der Waals surface area contributed by atoms with Gasteiger partial charge >= 0.3 is 0 Å². The van der Waals surface area contributed by atoms with Crippen LogP contribution >= 0.6 is 11.6 Å². The number of aromatic amines is 1. The number of aromatic nitrogens is 2. The van der Waals surface area contributed by atoms with Crippen molar-refractivity contribution in [1.82, 2.24) is 15.3 Å². The van der Waals surface area contributed by atoms with Crippen molar-refractivity contribution in [2.24, 2.45) is 0 Å². The second-order valence-corrected chi connectivity index (χ2v) is 6.53. The molecule has 0 aliphatic carbocycles. The third kappa shape index (κ3) is 5.33. The van der Waals surface area contributed by atoms with Gasteiger partial charge in [-0.25, -0.2) is 4.98 Å². The molecule has 0 spiro atoms. The van der Waals surface area contributed by atoms with Crippen LogP contribution in [0.1, 0.15) is 37.9 Å². The maximum absolute atomic E-state index is 11.7. The van der Waals surface area contributed by atoms with Crippen LogP contribution in [0.25, 0.3) is 0 Å². The number of halogens is 1. The third-order valence-electron chi connectivity index (χ3n) is 2.93. The Kier molecular flexibility index (Phi) is 4.80. The molecule has 1 heterocycles. The summed E-state index contributed by atoms with van der Waals surface area (Å²) in [6.45, 7) is 6.80. The Bertz CT molecular complexity index is 656. The van der Waals surface area contributed by atoms with Gasteiger partial charge in [-0.1, -0.05) is 23.7 Å². The zero-order valence-corrected chi connectivity index (χ0v) is 13.3. The van der Waals surface area contributed by atoms with Crippen molar-refractivity contribution < 1.29 is 0 Å². The van der Waals surface area contributed by atoms with Crippen molar-refractivity contribution in [1.29, 1.82) is 0 Å². The summed E-state index contributed by atoms with van der Waals surface area (Å²) < 4.78 is 0. The highest BCUT2D eigenvalue weighted by atomic mass is 35.5. The number of H-pyrrole nitrogens is 1. The van der Waals surface area contributed by atoms with Crippen LogP contribution in [0.3, 0.4) is 0 Å². The molecule has 0 fully saturated rings. The fraction of sp³-hybridized carbons (Fsp3) is 0.375. The maximum atomic E-state index is 11.7. The fourth-order valence-electron chi connectivity index (χ4n) is 1.89. The van der Waals surface area contributed by atoms with E-state index in [2.05, 4.69) is 36.1 Å². The zero-order valence-electron chi connectivity index (χ0n) is 12.5. The van der Waals surface area contributed by atoms with Gasteiger partial charge in [0.1, 0.15) is 5.82 Å². The number of rotatable bonds is 4. The van der Waals surface area contributed by atoms with Gasteiger partial charge in [-0.2, -0.15) is 0 Å². The Balaban J connectivity index is 2.15. The van der Waals surface area contributed by atoms with Crippen molar-refractivity contribution >= 4 is 11.6 Å². The molecule has 21 heavy (non-hydrogen) atoms. The van der Waals surface area contributed by atoms with Crippen LogP contribution in [0.5, 0.6) is 0 Å². The number of benzene rings is 1. The van der Waals surface area contributed by atoms with E-state index in [1.807, 2.05) is 24.3 Å². The van der Waals surface area contributed by atoms with Crippen LogP contribution in [-0.4, -0.2) is 15.5 Å². The molecule has 0 unspecified atom stereocenters. The quantitative estimate of drug-likeness (QED) is 0.913. The Morgan fingerprint density at radius 2 is 1.90 bits per heavy atom. The summed E-state index contributed by atoms with van der Waals surface area (Å²) in [6.07, 6.45) is 0.579. The maximum Gasteiger partial charge on any atom is 0.251 e. The van der Waals surface area contributed by atoms with Gasteiger partial charge in [-0.15, -0.1) is 0 Å². The van der Waals surface area contributed by atoms with Gasteiger partial charge in [-0.05, 0) is 38.5 Å². The Morgan fingerprint density at radius 1 is 1.24 bits per heavy atom. The zero-order chi connectivity index (χ0) is 15.5. The molecular formula is C16H20ClN3O. The fourth-order valence-corrected chi connectivity index (χ4v) is 2.01. The first-order valence-corrected chi connectivity index (χ1v) is 7.28. The van der Waals surface area contributed by atoms with Gasteiger partial charge in [0, 0.05) is 29.6 Å². The van der Waals surface area contributed by atoms with Gasteiger partial charge in [0.15, 0.2) is 0 Å². The summed E-state index contributed by atoms with van der Waals surface area (Å²) in [5, 5.41) is 4.03. The van der Waals surface area contributed by atoms with E-state index in [-0.39, 0.29) is 11.1 Å². The molecule has 0 amide bonds. The lowest BCUT2D eigenvalue weighted by Crippen LogP contribution is -2.35. The molecule has 5 heteroatoms. The molecule has 112 valence electrons. The van der Waals surface area contributed by atoms with Gasteiger partial charge in [0.2, 0.25) is 0 Å². The molecule has 2 aromatic rings. The van der Waals surface area contributed by atoms with Gasteiger partial charge in [0.25, 0.3) is 5.56 Å². The second kappa shape index (κ2) is 6.41.